The van der Waals surface area contributed by atoms with Gasteiger partial charge in [0.15, 0.2) is 0 Å². The van der Waals surface area contributed by atoms with E-state index in [4.69, 9.17) is 29.6 Å². The van der Waals surface area contributed by atoms with E-state index in [1.807, 2.05) is 73.6 Å². The number of nitrogens with two attached hydrogens (primary N) is 2. The number of nitrogens with zero attached hydrogens (tertiary/aromatic N) is 6. The third-order valence-electron chi connectivity index (χ3n) is 7.88. The molecule has 0 aliphatic rings. The third-order valence-corrected chi connectivity index (χ3v) is 7.88. The van der Waals surface area contributed by atoms with Crippen LogP contribution in [0.15, 0.2) is 42.4 Å². The molecule has 0 atom stereocenters. The van der Waals surface area contributed by atoms with E-state index in [2.05, 4.69) is 42.1 Å². The lowest BCUT2D eigenvalue weighted by molar-refractivity contribution is 0.393. The molecule has 0 aliphatic carbocycles. The number of hydrogen-bond donors (Lipinski definition) is 3. The Labute approximate surface area is 257 Å². The molecule has 5 N–H and O–H groups in total. The first-order valence-electron chi connectivity index (χ1n) is 14.2. The second-order valence-corrected chi connectivity index (χ2v) is 11.0. The Morgan fingerprint density at radius 2 is 0.933 bits per heavy atom. The molecule has 7 rings (SSSR count). The summed E-state index contributed by atoms with van der Waals surface area (Å²) in [5.74, 6) is 2.98. The van der Waals surface area contributed by atoms with Crippen LogP contribution in [-0.4, -0.2) is 36.0 Å². The van der Waals surface area contributed by atoms with Crippen LogP contribution < -0.4 is 11.5 Å². The van der Waals surface area contributed by atoms with E-state index in [1.54, 1.807) is 0 Å². The second-order valence-electron chi connectivity index (χ2n) is 11.0. The molecule has 7 aromatic rings. The van der Waals surface area contributed by atoms with Crippen LogP contribution in [0.25, 0.3) is 55.5 Å². The molecule has 13 heteroatoms. The van der Waals surface area contributed by atoms with Crippen molar-refractivity contribution in [1.29, 1.82) is 0 Å². The van der Waals surface area contributed by atoms with E-state index < -0.39 is 0 Å². The van der Waals surface area contributed by atoms with Gasteiger partial charge in [-0.3, -0.25) is 0 Å². The number of benzene rings is 2. The Balaban J connectivity index is 0.000000159. The molecule has 13 nitrogen and oxygen atoms in total. The highest BCUT2D eigenvalue weighted by Gasteiger charge is 2.22. The molecular weight excluding hydrogens is 574 g/mol. The summed E-state index contributed by atoms with van der Waals surface area (Å²) in [5.41, 5.74) is 25.5. The van der Waals surface area contributed by atoms with Gasteiger partial charge in [-0.2, -0.15) is 15.4 Å². The molecule has 230 valence electrons. The molecule has 2 aromatic carbocycles. The summed E-state index contributed by atoms with van der Waals surface area (Å²) in [5, 5.41) is 27.3. The van der Waals surface area contributed by atoms with Crippen LogP contribution in [0.5, 0.6) is 0 Å². The smallest absolute Gasteiger partial charge is 0.141 e. The van der Waals surface area contributed by atoms with Crippen molar-refractivity contribution in [2.24, 2.45) is 0 Å². The maximum Gasteiger partial charge on any atom is 0.141 e. The third kappa shape index (κ3) is 5.01. The van der Waals surface area contributed by atoms with Gasteiger partial charge < -0.3 is 29.6 Å². The summed E-state index contributed by atoms with van der Waals surface area (Å²) < 4.78 is 21.1. The fraction of sp³-hybridized carbons (Fsp3) is 0.250. The van der Waals surface area contributed by atoms with Crippen molar-refractivity contribution in [3.05, 3.63) is 70.1 Å². The number of nitrogen functional groups attached to an aromatic ring is 2. The summed E-state index contributed by atoms with van der Waals surface area (Å²) in [7, 11) is 0. The SMILES string of the molecule is Cc1noc(C)c1-c1cc(-c2c(C)noc2C)c2n[nH]nc2c1.Cc1noc(C)c1-c1cc(N)c(N)c(-c2c(C)noc2C)c1. The maximum absolute atomic E-state index is 6.18. The van der Waals surface area contributed by atoms with Gasteiger partial charge in [0.2, 0.25) is 0 Å². The average Bonchev–Trinajstić information content (AvgIpc) is 3.81. The van der Waals surface area contributed by atoms with E-state index in [0.717, 1.165) is 95.6 Å². The van der Waals surface area contributed by atoms with Gasteiger partial charge in [-0.15, -0.1) is 0 Å². The standard InChI is InChI=1S/C16H15N5O2.C16H18N4O2/c1-7-14(9(3)22-19-7)11-5-12(15-8(2)20-23-10(15)4)16-13(6-11)17-21-18-16;1-7-14(9(3)21-19-7)11-5-12(16(18)13(17)6-11)15-8(2)20-22-10(15)4/h5-6H,1-4H3,(H,17,18,21);5-6H,17-18H2,1-4H3. The Morgan fingerprint density at radius 1 is 0.511 bits per heavy atom. The Kier molecular flexibility index (Phi) is 7.23. The highest BCUT2D eigenvalue weighted by atomic mass is 16.5. The van der Waals surface area contributed by atoms with Crippen molar-refractivity contribution in [3.8, 4) is 44.5 Å². The first-order chi connectivity index (χ1) is 21.5. The Morgan fingerprint density at radius 3 is 1.40 bits per heavy atom. The van der Waals surface area contributed by atoms with Crippen molar-refractivity contribution in [2.75, 3.05) is 11.5 Å². The van der Waals surface area contributed by atoms with Crippen LogP contribution in [0.1, 0.15) is 45.8 Å². The lowest BCUT2D eigenvalue weighted by Gasteiger charge is -2.11. The molecule has 45 heavy (non-hydrogen) atoms. The highest BCUT2D eigenvalue weighted by molar-refractivity contribution is 5.97. The highest BCUT2D eigenvalue weighted by Crippen LogP contribution is 2.40. The minimum Gasteiger partial charge on any atom is -0.397 e. The van der Waals surface area contributed by atoms with Gasteiger partial charge in [0, 0.05) is 33.4 Å². The van der Waals surface area contributed by atoms with Gasteiger partial charge in [0.05, 0.1) is 34.2 Å². The van der Waals surface area contributed by atoms with Gasteiger partial charge in [-0.05, 0) is 90.8 Å². The summed E-state index contributed by atoms with van der Waals surface area (Å²) in [6, 6.07) is 7.85. The molecule has 5 heterocycles. The summed E-state index contributed by atoms with van der Waals surface area (Å²) >= 11 is 0. The van der Waals surface area contributed by atoms with Gasteiger partial charge in [0.1, 0.15) is 34.1 Å². The lowest BCUT2D eigenvalue weighted by Crippen LogP contribution is -1.99. The quantitative estimate of drug-likeness (QED) is 0.175. The largest absolute Gasteiger partial charge is 0.397 e. The van der Waals surface area contributed by atoms with Crippen molar-refractivity contribution in [1.82, 2.24) is 36.0 Å². The predicted octanol–water partition coefficient (Wildman–Crippen LogP) is 6.90. The molecule has 0 amide bonds. The minimum absolute atomic E-state index is 0.507. The molecule has 0 saturated heterocycles. The molecule has 0 bridgehead atoms. The monoisotopic (exact) mass is 607 g/mol. The van der Waals surface area contributed by atoms with Gasteiger partial charge in [0.25, 0.3) is 0 Å². The van der Waals surface area contributed by atoms with Crippen LogP contribution in [0.3, 0.4) is 0 Å². The normalized spacial score (nSPS) is 11.3. The van der Waals surface area contributed by atoms with Crippen LogP contribution in [-0.2, 0) is 0 Å². The van der Waals surface area contributed by atoms with E-state index >= 15 is 0 Å². The Hall–Kier alpha value is -5.72. The van der Waals surface area contributed by atoms with Gasteiger partial charge in [-0.1, -0.05) is 20.6 Å². The number of aromatic amines is 1. The van der Waals surface area contributed by atoms with Gasteiger partial charge >= 0.3 is 0 Å². The maximum atomic E-state index is 6.18. The van der Waals surface area contributed by atoms with E-state index in [9.17, 15) is 0 Å². The first kappa shape index (κ1) is 29.4. The van der Waals surface area contributed by atoms with E-state index in [0.29, 0.717) is 17.1 Å². The first-order valence-corrected chi connectivity index (χ1v) is 14.2. The zero-order valence-electron chi connectivity index (χ0n) is 26.3. The van der Waals surface area contributed by atoms with Crippen molar-refractivity contribution in [3.63, 3.8) is 0 Å². The van der Waals surface area contributed by atoms with Crippen LogP contribution in [0, 0.1) is 55.4 Å². The number of H-pyrrole nitrogens is 1. The van der Waals surface area contributed by atoms with Crippen LogP contribution in [0.2, 0.25) is 0 Å². The van der Waals surface area contributed by atoms with Crippen molar-refractivity contribution in [2.45, 2.75) is 55.4 Å². The van der Waals surface area contributed by atoms with Crippen molar-refractivity contribution < 1.29 is 18.1 Å². The fourth-order valence-corrected chi connectivity index (χ4v) is 5.84. The summed E-state index contributed by atoms with van der Waals surface area (Å²) in [6.07, 6.45) is 0. The number of aromatic nitrogens is 7. The van der Waals surface area contributed by atoms with Gasteiger partial charge in [-0.25, -0.2) is 0 Å². The number of rotatable bonds is 4. The molecule has 5 aromatic heterocycles. The predicted molar refractivity (Wildman–Crippen MR) is 169 cm³/mol. The summed E-state index contributed by atoms with van der Waals surface area (Å²) in [4.78, 5) is 0. The topological polar surface area (TPSA) is 198 Å². The summed E-state index contributed by atoms with van der Waals surface area (Å²) in [6.45, 7) is 15.1. The minimum atomic E-state index is 0.507. The lowest BCUT2D eigenvalue weighted by atomic mass is 9.95. The van der Waals surface area contributed by atoms with Crippen LogP contribution >= 0.6 is 0 Å². The number of hydrogen-bond acceptors (Lipinski definition) is 12. The average molecular weight is 608 g/mol. The molecular formula is C32H33N9O4. The molecule has 0 aliphatic heterocycles. The van der Waals surface area contributed by atoms with Crippen molar-refractivity contribution >= 4 is 22.4 Å². The van der Waals surface area contributed by atoms with E-state index in [-0.39, 0.29) is 0 Å². The molecule has 0 unspecified atom stereocenters. The van der Waals surface area contributed by atoms with Crippen LogP contribution in [0.4, 0.5) is 11.4 Å². The second kappa shape index (κ2) is 11.1. The zero-order chi connectivity index (χ0) is 32.2. The number of nitrogens with one attached hydrogen (secondary N) is 1. The molecule has 0 saturated carbocycles. The zero-order valence-corrected chi connectivity index (χ0v) is 26.3. The number of anilines is 2. The number of fused-ring (bicyclic) bond motifs is 1. The molecule has 0 radical (unpaired) electrons. The fourth-order valence-electron chi connectivity index (χ4n) is 5.84. The number of aryl methyl sites for hydroxylation is 8. The molecule has 0 spiro atoms. The van der Waals surface area contributed by atoms with E-state index in [1.165, 1.54) is 0 Å². The molecule has 0 fully saturated rings. The Bertz CT molecular complexity index is 2120.